The Morgan fingerprint density at radius 1 is 0.850 bits per heavy atom. The Morgan fingerprint density at radius 3 is 2.00 bits per heavy atom. The largest absolute Gasteiger partial charge is 0.417 e. The van der Waals surface area contributed by atoms with E-state index >= 15 is 0 Å². The summed E-state index contributed by atoms with van der Waals surface area (Å²) in [7, 11) is -2.73. The van der Waals surface area contributed by atoms with Gasteiger partial charge in [-0.25, -0.2) is 0 Å². The lowest BCUT2D eigenvalue weighted by Crippen LogP contribution is -2.06. The minimum Gasteiger partial charge on any atom is -0.166 e. The molecular weight excluding hydrogens is 291 g/mol. The molecule has 2 aromatic carbocycles. The summed E-state index contributed by atoms with van der Waals surface area (Å²) < 4.78 is 63.5. The van der Waals surface area contributed by atoms with Crippen molar-refractivity contribution in [2.24, 2.45) is 4.36 Å². The minimum absolute atomic E-state index is 0.0301. The van der Waals surface area contributed by atoms with Gasteiger partial charge in [0.25, 0.3) is 0 Å². The van der Waals surface area contributed by atoms with E-state index < -0.39 is 22.2 Å². The fourth-order valence-electron chi connectivity index (χ4n) is 1.83. The van der Waals surface area contributed by atoms with E-state index in [2.05, 4.69) is 4.36 Å². The molecule has 0 radical (unpaired) electrons. The molecule has 0 bridgehead atoms. The first kappa shape index (κ1) is 14.3. The molecule has 0 aliphatic rings. The summed E-state index contributed by atoms with van der Waals surface area (Å²) in [6.07, 6.45) is -4.53. The Labute approximate surface area is 114 Å². The van der Waals surface area contributed by atoms with E-state index in [1.165, 1.54) is 42.5 Å². The van der Waals surface area contributed by atoms with Gasteiger partial charge in [0, 0.05) is 5.56 Å². The van der Waals surface area contributed by atoms with Gasteiger partial charge in [-0.1, -0.05) is 36.4 Å². The Morgan fingerprint density at radius 2 is 1.40 bits per heavy atom. The molecule has 0 saturated carbocycles. The van der Waals surface area contributed by atoms with Crippen LogP contribution in [0.3, 0.4) is 0 Å². The summed E-state index contributed by atoms with van der Waals surface area (Å²) in [5, 5.41) is 0. The maximum absolute atomic E-state index is 13.0. The van der Waals surface area contributed by atoms with Crippen LogP contribution in [0, 0.1) is 0 Å². The first-order chi connectivity index (χ1) is 9.39. The number of hydrogen-bond acceptors (Lipinski definition) is 3. The van der Waals surface area contributed by atoms with Crippen molar-refractivity contribution in [2.45, 2.75) is 6.18 Å². The van der Waals surface area contributed by atoms with Crippen molar-refractivity contribution < 1.29 is 21.6 Å². The van der Waals surface area contributed by atoms with Crippen LogP contribution in [-0.4, -0.2) is 8.42 Å². The van der Waals surface area contributed by atoms with E-state index in [9.17, 15) is 21.6 Å². The molecule has 2 aromatic rings. The van der Waals surface area contributed by atoms with E-state index in [-0.39, 0.29) is 16.8 Å². The van der Waals surface area contributed by atoms with Crippen molar-refractivity contribution in [3.05, 3.63) is 54.1 Å². The SMILES string of the molecule is O=S(=O)=Nc1ccccc1-c1ccccc1C(F)(F)F. The zero-order valence-corrected chi connectivity index (χ0v) is 10.7. The second-order valence-corrected chi connectivity index (χ2v) is 4.49. The molecule has 0 amide bonds. The monoisotopic (exact) mass is 299 g/mol. The molecule has 0 N–H and O–H groups in total. The van der Waals surface area contributed by atoms with Gasteiger partial charge in [-0.3, -0.25) is 0 Å². The molecule has 0 heterocycles. The zero-order chi connectivity index (χ0) is 14.8. The predicted octanol–water partition coefficient (Wildman–Crippen LogP) is 4.07. The highest BCUT2D eigenvalue weighted by atomic mass is 32.2. The fraction of sp³-hybridized carbons (Fsp3) is 0.0769. The molecule has 0 unspecified atom stereocenters. The Hall–Kier alpha value is -2.15. The van der Waals surface area contributed by atoms with E-state index in [0.29, 0.717) is 0 Å². The first-order valence-corrected chi connectivity index (χ1v) is 6.49. The average molecular weight is 299 g/mol. The third-order valence-corrected chi connectivity index (χ3v) is 2.95. The van der Waals surface area contributed by atoms with Gasteiger partial charge in [0.05, 0.1) is 11.3 Å². The summed E-state index contributed by atoms with van der Waals surface area (Å²) in [6, 6.07) is 10.7. The van der Waals surface area contributed by atoms with Crippen LogP contribution in [-0.2, 0) is 16.7 Å². The van der Waals surface area contributed by atoms with Crippen LogP contribution in [0.25, 0.3) is 11.1 Å². The van der Waals surface area contributed by atoms with Gasteiger partial charge >= 0.3 is 16.7 Å². The number of alkyl halides is 3. The van der Waals surface area contributed by atoms with Crippen molar-refractivity contribution in [1.29, 1.82) is 0 Å². The standard InChI is InChI=1S/C13H8F3NO2S/c14-13(15,16)11-7-3-1-5-9(11)10-6-2-4-8-12(10)17-20(18)19/h1-8H. The van der Waals surface area contributed by atoms with Gasteiger partial charge in [0.15, 0.2) is 0 Å². The lowest BCUT2D eigenvalue weighted by atomic mass is 9.98. The first-order valence-electron chi connectivity index (χ1n) is 5.46. The van der Waals surface area contributed by atoms with Crippen LogP contribution in [0.1, 0.15) is 5.56 Å². The fourth-order valence-corrected chi connectivity index (χ4v) is 2.15. The molecule has 0 aliphatic carbocycles. The second-order valence-electron chi connectivity index (χ2n) is 3.87. The number of benzene rings is 2. The highest BCUT2D eigenvalue weighted by Gasteiger charge is 2.33. The van der Waals surface area contributed by atoms with E-state index in [4.69, 9.17) is 0 Å². The molecule has 3 nitrogen and oxygen atoms in total. The highest BCUT2D eigenvalue weighted by Crippen LogP contribution is 2.40. The number of halogens is 3. The molecule has 7 heteroatoms. The van der Waals surface area contributed by atoms with Crippen molar-refractivity contribution in [2.75, 3.05) is 0 Å². The molecule has 0 saturated heterocycles. The lowest BCUT2D eigenvalue weighted by Gasteiger charge is -2.13. The molecule has 0 aromatic heterocycles. The molecule has 104 valence electrons. The van der Waals surface area contributed by atoms with Crippen LogP contribution in [0.5, 0.6) is 0 Å². The number of hydrogen-bond donors (Lipinski definition) is 0. The number of rotatable bonds is 2. The molecule has 2 rings (SSSR count). The smallest absolute Gasteiger partial charge is 0.166 e. The van der Waals surface area contributed by atoms with Gasteiger partial charge in [-0.05, 0) is 17.7 Å². The highest BCUT2D eigenvalue weighted by molar-refractivity contribution is 7.61. The minimum atomic E-state index is -4.53. The Bertz CT molecular complexity index is 759. The van der Waals surface area contributed by atoms with E-state index in [0.717, 1.165) is 6.07 Å². The van der Waals surface area contributed by atoms with Gasteiger partial charge in [0.1, 0.15) is 0 Å². The Balaban J connectivity index is 2.74. The van der Waals surface area contributed by atoms with Crippen LogP contribution in [0.2, 0.25) is 0 Å². The average Bonchev–Trinajstić information content (AvgIpc) is 2.38. The van der Waals surface area contributed by atoms with Crippen molar-refractivity contribution in [1.82, 2.24) is 0 Å². The third-order valence-electron chi connectivity index (χ3n) is 2.60. The molecule has 0 spiro atoms. The quantitative estimate of drug-likeness (QED) is 0.839. The second kappa shape index (κ2) is 5.46. The maximum atomic E-state index is 13.0. The molecule has 0 atom stereocenters. The summed E-state index contributed by atoms with van der Waals surface area (Å²) in [4.78, 5) is 0. The maximum Gasteiger partial charge on any atom is 0.417 e. The normalized spacial score (nSPS) is 11.2. The van der Waals surface area contributed by atoms with Crippen molar-refractivity contribution >= 4 is 16.2 Å². The zero-order valence-electron chi connectivity index (χ0n) is 9.92. The van der Waals surface area contributed by atoms with Gasteiger partial charge in [-0.15, -0.1) is 4.36 Å². The van der Waals surface area contributed by atoms with Crippen LogP contribution in [0.15, 0.2) is 52.9 Å². The molecule has 0 fully saturated rings. The van der Waals surface area contributed by atoms with Gasteiger partial charge in [-0.2, -0.15) is 21.6 Å². The summed E-state index contributed by atoms with van der Waals surface area (Å²) in [6.45, 7) is 0. The van der Waals surface area contributed by atoms with Crippen LogP contribution in [0.4, 0.5) is 18.9 Å². The lowest BCUT2D eigenvalue weighted by molar-refractivity contribution is -0.137. The topological polar surface area (TPSA) is 46.5 Å². The molecule has 20 heavy (non-hydrogen) atoms. The van der Waals surface area contributed by atoms with Crippen LogP contribution >= 0.6 is 0 Å². The molecular formula is C13H8F3NO2S. The van der Waals surface area contributed by atoms with E-state index in [1.54, 1.807) is 0 Å². The van der Waals surface area contributed by atoms with Crippen molar-refractivity contribution in [3.63, 3.8) is 0 Å². The van der Waals surface area contributed by atoms with Gasteiger partial charge < -0.3 is 0 Å². The third kappa shape index (κ3) is 3.05. The number of nitrogens with zero attached hydrogens (tertiary/aromatic N) is 1. The van der Waals surface area contributed by atoms with E-state index in [1.807, 2.05) is 0 Å². The van der Waals surface area contributed by atoms with Gasteiger partial charge in [0.2, 0.25) is 0 Å². The summed E-state index contributed by atoms with van der Waals surface area (Å²) in [5.74, 6) is 0. The molecule has 0 aliphatic heterocycles. The predicted molar refractivity (Wildman–Crippen MR) is 67.9 cm³/mol. The summed E-state index contributed by atoms with van der Waals surface area (Å²) >= 11 is 0. The Kier molecular flexibility index (Phi) is 3.89. The van der Waals surface area contributed by atoms with Crippen molar-refractivity contribution in [3.8, 4) is 11.1 Å². The van der Waals surface area contributed by atoms with Crippen LogP contribution < -0.4 is 0 Å². The summed E-state index contributed by atoms with van der Waals surface area (Å²) in [5.41, 5.74) is -0.855.